The van der Waals surface area contributed by atoms with Gasteiger partial charge in [0, 0.05) is 23.1 Å². The van der Waals surface area contributed by atoms with Crippen molar-refractivity contribution >= 4 is 35.6 Å². The lowest BCUT2D eigenvalue weighted by Crippen LogP contribution is -2.54. The third-order valence-electron chi connectivity index (χ3n) is 6.34. The second kappa shape index (κ2) is 8.98. The summed E-state index contributed by atoms with van der Waals surface area (Å²) in [5, 5.41) is 2.24. The second-order valence-corrected chi connectivity index (χ2v) is 8.65. The number of nitrogens with one attached hydrogen (secondary N) is 1. The standard InChI is InChI=1S/C27H23N3O7/c1-14-9-17(26(33)35-4)5-7-21(14)29-15(2)10-18(16(29)3)11-20-24(31)28-27(34)30(25(20)32)19-6-8-22-23(12-19)37-13-36-22/h5-12H,13H2,1-4H3,(H,28,31,34)/b20-11+. The molecule has 5 rings (SSSR count). The minimum atomic E-state index is -0.849. The highest BCUT2D eigenvalue weighted by Gasteiger charge is 2.37. The van der Waals surface area contributed by atoms with E-state index in [1.165, 1.54) is 19.3 Å². The monoisotopic (exact) mass is 501 g/mol. The van der Waals surface area contributed by atoms with Crippen molar-refractivity contribution in [3.63, 3.8) is 0 Å². The van der Waals surface area contributed by atoms with E-state index >= 15 is 0 Å². The van der Waals surface area contributed by atoms with Crippen LogP contribution in [-0.2, 0) is 14.3 Å². The van der Waals surface area contributed by atoms with Crippen molar-refractivity contribution < 1.29 is 33.4 Å². The minimum absolute atomic E-state index is 0.0447. The SMILES string of the molecule is COC(=O)c1ccc(-n2c(C)cc(/C=C3\C(=O)NC(=O)N(c4ccc5c(c4)OCO5)C3=O)c2C)c(C)c1. The van der Waals surface area contributed by atoms with E-state index in [2.05, 4.69) is 5.32 Å². The molecular formula is C27H23N3O7. The molecule has 37 heavy (non-hydrogen) atoms. The topological polar surface area (TPSA) is 116 Å². The van der Waals surface area contributed by atoms with Gasteiger partial charge in [0.05, 0.1) is 18.4 Å². The summed E-state index contributed by atoms with van der Waals surface area (Å²) in [6, 6.07) is 10.9. The van der Waals surface area contributed by atoms with Gasteiger partial charge >= 0.3 is 12.0 Å². The fourth-order valence-corrected chi connectivity index (χ4v) is 4.53. The normalized spacial score (nSPS) is 15.8. The fraction of sp³-hybridized carbons (Fsp3) is 0.185. The van der Waals surface area contributed by atoms with Gasteiger partial charge in [-0.25, -0.2) is 14.5 Å². The number of aromatic nitrogens is 1. The van der Waals surface area contributed by atoms with Crippen LogP contribution in [0.25, 0.3) is 11.8 Å². The molecule has 188 valence electrons. The van der Waals surface area contributed by atoms with Crippen LogP contribution < -0.4 is 19.7 Å². The number of barbiturate groups is 1. The maximum atomic E-state index is 13.4. The van der Waals surface area contributed by atoms with Crippen molar-refractivity contribution in [2.75, 3.05) is 18.8 Å². The zero-order valence-electron chi connectivity index (χ0n) is 20.6. The Bertz CT molecular complexity index is 1530. The van der Waals surface area contributed by atoms with Crippen LogP contribution in [0.1, 0.15) is 32.9 Å². The Morgan fingerprint density at radius 2 is 1.76 bits per heavy atom. The van der Waals surface area contributed by atoms with Crippen LogP contribution in [0.15, 0.2) is 48.0 Å². The number of methoxy groups -OCH3 is 1. The number of carbonyl (C=O) groups is 4. The fourth-order valence-electron chi connectivity index (χ4n) is 4.53. The second-order valence-electron chi connectivity index (χ2n) is 8.65. The predicted molar refractivity (Wildman–Crippen MR) is 133 cm³/mol. The van der Waals surface area contributed by atoms with Crippen molar-refractivity contribution in [2.24, 2.45) is 0 Å². The highest BCUT2D eigenvalue weighted by molar-refractivity contribution is 6.39. The summed E-state index contributed by atoms with van der Waals surface area (Å²) in [6.07, 6.45) is 1.47. The smallest absolute Gasteiger partial charge is 0.337 e. The molecule has 2 aliphatic rings. The Kier molecular flexibility index (Phi) is 5.79. The largest absolute Gasteiger partial charge is 0.465 e. The zero-order chi connectivity index (χ0) is 26.4. The van der Waals surface area contributed by atoms with Crippen LogP contribution in [0.4, 0.5) is 10.5 Å². The Labute approximate surface area is 212 Å². The number of benzene rings is 2. The molecule has 0 atom stereocenters. The molecule has 4 amide bonds. The van der Waals surface area contributed by atoms with Gasteiger partial charge in [-0.3, -0.25) is 14.9 Å². The maximum absolute atomic E-state index is 13.4. The van der Waals surface area contributed by atoms with Crippen LogP contribution in [0.2, 0.25) is 0 Å². The number of amides is 4. The number of urea groups is 1. The molecule has 3 aromatic rings. The van der Waals surface area contributed by atoms with E-state index in [9.17, 15) is 19.2 Å². The number of esters is 1. The lowest BCUT2D eigenvalue weighted by Gasteiger charge is -2.26. The third kappa shape index (κ3) is 4.02. The summed E-state index contributed by atoms with van der Waals surface area (Å²) in [5.74, 6) is -1.06. The van der Waals surface area contributed by atoms with E-state index in [-0.39, 0.29) is 18.1 Å². The van der Waals surface area contributed by atoms with Crippen molar-refractivity contribution in [2.45, 2.75) is 20.8 Å². The molecule has 0 saturated carbocycles. The maximum Gasteiger partial charge on any atom is 0.337 e. The molecule has 0 spiro atoms. The first-order valence-electron chi connectivity index (χ1n) is 11.4. The first-order valence-corrected chi connectivity index (χ1v) is 11.4. The van der Waals surface area contributed by atoms with Gasteiger partial charge in [-0.05, 0) is 74.4 Å². The number of aryl methyl sites for hydroxylation is 2. The molecule has 1 saturated heterocycles. The van der Waals surface area contributed by atoms with Gasteiger partial charge in [0.2, 0.25) is 6.79 Å². The van der Waals surface area contributed by atoms with E-state index in [0.717, 1.165) is 27.5 Å². The van der Waals surface area contributed by atoms with Crippen molar-refractivity contribution in [3.8, 4) is 17.2 Å². The average Bonchev–Trinajstić information content (AvgIpc) is 3.44. The van der Waals surface area contributed by atoms with Crippen molar-refractivity contribution in [1.29, 1.82) is 0 Å². The number of ether oxygens (including phenoxy) is 3. The number of imide groups is 2. The highest BCUT2D eigenvalue weighted by Crippen LogP contribution is 2.36. The summed E-state index contributed by atoms with van der Waals surface area (Å²) in [6.45, 7) is 5.68. The minimum Gasteiger partial charge on any atom is -0.465 e. The van der Waals surface area contributed by atoms with Crippen molar-refractivity contribution in [1.82, 2.24) is 9.88 Å². The van der Waals surface area contributed by atoms with E-state index in [1.807, 2.05) is 37.5 Å². The van der Waals surface area contributed by atoms with E-state index in [4.69, 9.17) is 14.2 Å². The molecule has 1 N–H and O–H groups in total. The van der Waals surface area contributed by atoms with Crippen LogP contribution in [0.3, 0.4) is 0 Å². The Balaban J connectivity index is 1.52. The first kappa shape index (κ1) is 23.9. The van der Waals surface area contributed by atoms with Gasteiger partial charge in [0.25, 0.3) is 11.8 Å². The molecular weight excluding hydrogens is 478 g/mol. The lowest BCUT2D eigenvalue weighted by atomic mass is 10.1. The van der Waals surface area contributed by atoms with Gasteiger partial charge in [-0.15, -0.1) is 0 Å². The highest BCUT2D eigenvalue weighted by atomic mass is 16.7. The lowest BCUT2D eigenvalue weighted by molar-refractivity contribution is -0.122. The van der Waals surface area contributed by atoms with Crippen LogP contribution in [0, 0.1) is 20.8 Å². The Hall–Kier alpha value is -4.86. The summed E-state index contributed by atoms with van der Waals surface area (Å²) in [7, 11) is 1.33. The Morgan fingerprint density at radius 1 is 1.00 bits per heavy atom. The summed E-state index contributed by atoms with van der Waals surface area (Å²) >= 11 is 0. The summed E-state index contributed by atoms with van der Waals surface area (Å²) < 4.78 is 17.4. The van der Waals surface area contributed by atoms with Gasteiger partial charge in [0.1, 0.15) is 5.57 Å². The number of rotatable bonds is 4. The Morgan fingerprint density at radius 3 is 2.49 bits per heavy atom. The number of carbonyl (C=O) groups excluding carboxylic acids is 4. The molecule has 1 aromatic heterocycles. The molecule has 2 aliphatic heterocycles. The molecule has 0 bridgehead atoms. The molecule has 1 fully saturated rings. The molecule has 0 unspecified atom stereocenters. The molecule has 10 nitrogen and oxygen atoms in total. The van der Waals surface area contributed by atoms with Gasteiger partial charge in [0.15, 0.2) is 11.5 Å². The molecule has 3 heterocycles. The molecule has 0 radical (unpaired) electrons. The first-order chi connectivity index (χ1) is 17.7. The number of hydrogen-bond donors (Lipinski definition) is 1. The summed E-state index contributed by atoms with van der Waals surface area (Å²) in [4.78, 5) is 51.4. The van der Waals surface area contributed by atoms with E-state index in [0.29, 0.717) is 22.6 Å². The average molecular weight is 501 g/mol. The number of nitrogens with zero attached hydrogens (tertiary/aromatic N) is 2. The molecule has 0 aliphatic carbocycles. The number of hydrogen-bond acceptors (Lipinski definition) is 7. The van der Waals surface area contributed by atoms with Gasteiger partial charge < -0.3 is 18.8 Å². The zero-order valence-corrected chi connectivity index (χ0v) is 20.6. The van der Waals surface area contributed by atoms with Gasteiger partial charge in [-0.2, -0.15) is 0 Å². The van der Waals surface area contributed by atoms with Crippen molar-refractivity contribution in [3.05, 3.63) is 76.1 Å². The molecule has 10 heteroatoms. The quantitative estimate of drug-likeness (QED) is 0.330. The number of fused-ring (bicyclic) bond motifs is 1. The van der Waals surface area contributed by atoms with Crippen LogP contribution >= 0.6 is 0 Å². The van der Waals surface area contributed by atoms with Crippen LogP contribution in [0.5, 0.6) is 11.5 Å². The third-order valence-corrected chi connectivity index (χ3v) is 6.34. The van der Waals surface area contributed by atoms with E-state index in [1.54, 1.807) is 24.3 Å². The molecule has 2 aromatic carbocycles. The van der Waals surface area contributed by atoms with Crippen LogP contribution in [-0.4, -0.2) is 42.3 Å². The summed E-state index contributed by atoms with van der Waals surface area (Å²) in [5.41, 5.74) is 4.43. The number of anilines is 1. The van der Waals surface area contributed by atoms with E-state index < -0.39 is 23.8 Å². The predicted octanol–water partition coefficient (Wildman–Crippen LogP) is 3.58. The van der Waals surface area contributed by atoms with Gasteiger partial charge in [-0.1, -0.05) is 0 Å².